The minimum Gasteiger partial charge on any atom is -0.338 e. The van der Waals surface area contributed by atoms with Gasteiger partial charge in [-0.1, -0.05) is 19.9 Å². The molecule has 0 radical (unpaired) electrons. The van der Waals surface area contributed by atoms with Crippen molar-refractivity contribution in [3.8, 4) is 0 Å². The number of hydrogen-bond acceptors (Lipinski definition) is 2. The largest absolute Gasteiger partial charge is 0.338 e. The van der Waals surface area contributed by atoms with Crippen molar-refractivity contribution in [2.75, 3.05) is 13.1 Å². The van der Waals surface area contributed by atoms with Crippen LogP contribution in [0.4, 0.5) is 8.78 Å². The first-order valence-corrected chi connectivity index (χ1v) is 8.71. The number of imidazole rings is 1. The molecule has 1 aromatic carbocycles. The summed E-state index contributed by atoms with van der Waals surface area (Å²) < 4.78 is 29.8. The molecule has 25 heavy (non-hydrogen) atoms. The minimum atomic E-state index is -0.799. The van der Waals surface area contributed by atoms with E-state index in [1.807, 2.05) is 12.4 Å². The maximum atomic E-state index is 13.8. The quantitative estimate of drug-likeness (QED) is 0.843. The van der Waals surface area contributed by atoms with Crippen molar-refractivity contribution in [1.82, 2.24) is 14.5 Å². The lowest BCUT2D eigenvalue weighted by atomic mass is 9.96. The number of rotatable bonds is 4. The number of amides is 1. The van der Waals surface area contributed by atoms with Crippen molar-refractivity contribution in [2.45, 2.75) is 39.2 Å². The Morgan fingerprint density at radius 3 is 2.48 bits per heavy atom. The molecule has 0 unspecified atom stereocenters. The lowest BCUT2D eigenvalue weighted by Gasteiger charge is -2.32. The standard InChI is InChI=1S/C19H23F2N3O/c1-13(2)18-22-8-11-24(18)12-14-6-9-23(10-7-14)19(25)17-15(20)4-3-5-16(17)21/h3-5,8,11,13-14H,6-7,9-10,12H2,1-2H3. The predicted octanol–water partition coefficient (Wildman–Crippen LogP) is 3.84. The van der Waals surface area contributed by atoms with Crippen LogP contribution in [-0.4, -0.2) is 33.4 Å². The summed E-state index contributed by atoms with van der Waals surface area (Å²) in [5, 5.41) is 0. The summed E-state index contributed by atoms with van der Waals surface area (Å²) in [4.78, 5) is 18.4. The van der Waals surface area contributed by atoms with E-state index in [1.54, 1.807) is 4.90 Å². The number of aromatic nitrogens is 2. The topological polar surface area (TPSA) is 38.1 Å². The molecule has 134 valence electrons. The normalized spacial score (nSPS) is 15.8. The van der Waals surface area contributed by atoms with Gasteiger partial charge in [0.25, 0.3) is 5.91 Å². The van der Waals surface area contributed by atoms with E-state index in [9.17, 15) is 13.6 Å². The van der Waals surface area contributed by atoms with Gasteiger partial charge >= 0.3 is 0 Å². The van der Waals surface area contributed by atoms with Gasteiger partial charge in [0.1, 0.15) is 23.0 Å². The van der Waals surface area contributed by atoms with Crippen molar-refractivity contribution in [2.24, 2.45) is 5.92 Å². The van der Waals surface area contributed by atoms with Crippen molar-refractivity contribution in [1.29, 1.82) is 0 Å². The van der Waals surface area contributed by atoms with Crippen LogP contribution < -0.4 is 0 Å². The average Bonchev–Trinajstić information content (AvgIpc) is 3.03. The Balaban J connectivity index is 1.62. The summed E-state index contributed by atoms with van der Waals surface area (Å²) in [5.41, 5.74) is -0.447. The van der Waals surface area contributed by atoms with E-state index < -0.39 is 23.1 Å². The van der Waals surface area contributed by atoms with Gasteiger partial charge in [-0.15, -0.1) is 0 Å². The first-order valence-electron chi connectivity index (χ1n) is 8.71. The SMILES string of the molecule is CC(C)c1nccn1CC1CCN(C(=O)c2c(F)cccc2F)CC1. The molecule has 2 heterocycles. The highest BCUT2D eigenvalue weighted by Crippen LogP contribution is 2.24. The third-order valence-electron chi connectivity index (χ3n) is 4.80. The second-order valence-electron chi connectivity index (χ2n) is 6.92. The summed E-state index contributed by atoms with van der Waals surface area (Å²) in [5.74, 6) is -0.298. The van der Waals surface area contributed by atoms with Crippen LogP contribution in [0.3, 0.4) is 0 Å². The molecule has 3 rings (SSSR count). The number of piperidine rings is 1. The summed E-state index contributed by atoms with van der Waals surface area (Å²) in [6.45, 7) is 6.13. The first-order chi connectivity index (χ1) is 12.0. The van der Waals surface area contributed by atoms with E-state index in [4.69, 9.17) is 0 Å². The third-order valence-corrected chi connectivity index (χ3v) is 4.80. The minimum absolute atomic E-state index is 0.362. The molecule has 1 saturated heterocycles. The average molecular weight is 347 g/mol. The smallest absolute Gasteiger partial charge is 0.259 e. The Morgan fingerprint density at radius 1 is 1.24 bits per heavy atom. The Labute approximate surface area is 146 Å². The molecule has 0 spiro atoms. The number of nitrogens with zero attached hydrogens (tertiary/aromatic N) is 3. The molecule has 0 bridgehead atoms. The fourth-order valence-electron chi connectivity index (χ4n) is 3.43. The van der Waals surface area contributed by atoms with Crippen LogP contribution in [0.5, 0.6) is 0 Å². The summed E-state index contributed by atoms with van der Waals surface area (Å²) >= 11 is 0. The Hall–Kier alpha value is -2.24. The number of carbonyl (C=O) groups is 1. The fourth-order valence-corrected chi connectivity index (χ4v) is 3.43. The van der Waals surface area contributed by atoms with Gasteiger partial charge < -0.3 is 9.47 Å². The Morgan fingerprint density at radius 2 is 1.88 bits per heavy atom. The van der Waals surface area contributed by atoms with E-state index in [0.29, 0.717) is 24.9 Å². The van der Waals surface area contributed by atoms with E-state index in [0.717, 1.165) is 37.3 Å². The van der Waals surface area contributed by atoms with E-state index in [-0.39, 0.29) is 0 Å². The van der Waals surface area contributed by atoms with Crippen LogP contribution in [0, 0.1) is 17.6 Å². The van der Waals surface area contributed by atoms with Gasteiger partial charge in [-0.2, -0.15) is 0 Å². The molecule has 1 fully saturated rings. The zero-order valence-corrected chi connectivity index (χ0v) is 14.6. The van der Waals surface area contributed by atoms with Gasteiger partial charge in [0, 0.05) is 37.9 Å². The first kappa shape index (κ1) is 17.6. The molecule has 1 amide bonds. The van der Waals surface area contributed by atoms with Gasteiger partial charge in [-0.3, -0.25) is 4.79 Å². The maximum Gasteiger partial charge on any atom is 0.259 e. The van der Waals surface area contributed by atoms with Gasteiger partial charge in [0.15, 0.2) is 0 Å². The second kappa shape index (κ2) is 7.33. The number of likely N-dealkylation sites (tertiary alicyclic amines) is 1. The summed E-state index contributed by atoms with van der Waals surface area (Å²) in [6, 6.07) is 3.51. The number of hydrogen-bond donors (Lipinski definition) is 0. The van der Waals surface area contributed by atoms with Crippen LogP contribution in [0.1, 0.15) is 48.8 Å². The number of carbonyl (C=O) groups excluding carboxylic acids is 1. The number of benzene rings is 1. The summed E-state index contributed by atoms with van der Waals surface area (Å²) in [7, 11) is 0. The van der Waals surface area contributed by atoms with E-state index in [1.165, 1.54) is 6.07 Å². The third kappa shape index (κ3) is 3.72. The fraction of sp³-hybridized carbons (Fsp3) is 0.474. The van der Waals surface area contributed by atoms with Crippen LogP contribution in [-0.2, 0) is 6.54 Å². The van der Waals surface area contributed by atoms with Gasteiger partial charge in [-0.05, 0) is 30.9 Å². The highest BCUT2D eigenvalue weighted by Gasteiger charge is 2.27. The molecule has 0 aliphatic carbocycles. The molecule has 1 aromatic heterocycles. The van der Waals surface area contributed by atoms with Gasteiger partial charge in [-0.25, -0.2) is 13.8 Å². The predicted molar refractivity (Wildman–Crippen MR) is 91.3 cm³/mol. The zero-order valence-electron chi connectivity index (χ0n) is 14.6. The molecule has 2 aromatic rings. The molecular weight excluding hydrogens is 324 g/mol. The van der Waals surface area contributed by atoms with Crippen molar-refractivity contribution >= 4 is 5.91 Å². The van der Waals surface area contributed by atoms with Crippen molar-refractivity contribution in [3.05, 3.63) is 53.6 Å². The Bertz CT molecular complexity index is 729. The molecule has 6 heteroatoms. The summed E-state index contributed by atoms with van der Waals surface area (Å²) in [6.07, 6.45) is 5.44. The van der Waals surface area contributed by atoms with E-state index >= 15 is 0 Å². The molecule has 4 nitrogen and oxygen atoms in total. The van der Waals surface area contributed by atoms with Crippen LogP contribution in [0.25, 0.3) is 0 Å². The second-order valence-corrected chi connectivity index (χ2v) is 6.92. The van der Waals surface area contributed by atoms with Gasteiger partial charge in [0.05, 0.1) is 0 Å². The van der Waals surface area contributed by atoms with Crippen LogP contribution in [0.15, 0.2) is 30.6 Å². The Kier molecular flexibility index (Phi) is 5.16. The zero-order chi connectivity index (χ0) is 18.0. The molecule has 1 aliphatic heterocycles. The molecular formula is C19H23F2N3O. The molecule has 0 N–H and O–H groups in total. The van der Waals surface area contributed by atoms with E-state index in [2.05, 4.69) is 23.4 Å². The molecule has 1 aliphatic rings. The highest BCUT2D eigenvalue weighted by atomic mass is 19.1. The maximum absolute atomic E-state index is 13.8. The molecule has 0 saturated carbocycles. The van der Waals surface area contributed by atoms with Crippen molar-refractivity contribution in [3.63, 3.8) is 0 Å². The van der Waals surface area contributed by atoms with Crippen molar-refractivity contribution < 1.29 is 13.6 Å². The van der Waals surface area contributed by atoms with Crippen LogP contribution in [0.2, 0.25) is 0 Å². The highest BCUT2D eigenvalue weighted by molar-refractivity contribution is 5.94. The monoisotopic (exact) mass is 347 g/mol. The van der Waals surface area contributed by atoms with Crippen LogP contribution >= 0.6 is 0 Å². The van der Waals surface area contributed by atoms with Gasteiger partial charge in [0.2, 0.25) is 0 Å². The molecule has 0 atom stereocenters. The lowest BCUT2D eigenvalue weighted by Crippen LogP contribution is -2.40. The lowest BCUT2D eigenvalue weighted by molar-refractivity contribution is 0.0672. The number of halogens is 2.